The smallest absolute Gasteiger partial charge is 0.309 e. The van der Waals surface area contributed by atoms with Crippen LogP contribution in [0.3, 0.4) is 0 Å². The van der Waals surface area contributed by atoms with Crippen LogP contribution >= 0.6 is 0 Å². The van der Waals surface area contributed by atoms with Crippen LogP contribution in [0.1, 0.15) is 144 Å². The van der Waals surface area contributed by atoms with E-state index in [1.54, 1.807) is 0 Å². The number of aryl methyl sites for hydroxylation is 1. The van der Waals surface area contributed by atoms with E-state index in [2.05, 4.69) is 75.0 Å². The number of aromatic nitrogens is 3. The van der Waals surface area contributed by atoms with Gasteiger partial charge in [0.15, 0.2) is 5.78 Å². The molecule has 1 amide bonds. The molecule has 2 aromatic heterocycles. The highest BCUT2D eigenvalue weighted by molar-refractivity contribution is 6.01. The third-order valence-electron chi connectivity index (χ3n) is 20.6. The molecule has 5 saturated carbocycles. The van der Waals surface area contributed by atoms with Crippen LogP contribution in [-0.2, 0) is 30.5 Å². The molecule has 10 heteroatoms. The molecule has 346 valence electrons. The molecule has 3 aromatic rings. The largest absolute Gasteiger partial charge is 0.481 e. The van der Waals surface area contributed by atoms with Crippen LogP contribution in [-0.4, -0.2) is 49.8 Å². The second kappa shape index (κ2) is 14.7. The summed E-state index contributed by atoms with van der Waals surface area (Å²) in [5, 5.41) is 13.0. The van der Waals surface area contributed by atoms with Gasteiger partial charge in [-0.05, 0) is 151 Å². The summed E-state index contributed by atoms with van der Waals surface area (Å²) in [7, 11) is 0. The van der Waals surface area contributed by atoms with Gasteiger partial charge in [0.05, 0.1) is 22.9 Å². The number of H-pyrrole nitrogens is 1. The standard InChI is InChI=1S/C55H70N4O6/c1-31(2)44-40(60)27-54(28-43(61)57-29-33-12-15-38-39(25-33)59-46(58-38)34-13-11-32(3)56-30-34)23-21-50(6)35(45(44)54)14-16-41-51(50,7)22-24-55-19-10-18-53(55,9)42(17-20-52(41,55)8)65-48(64)37-26-36(47(62)63)49(37,4)5/h10-13,15,18,25,30-31,35-37,41-42H,14,16-17,19-24,26-29H2,1-9H3,(H,57,61)(H,58,59)(H,62,63)/t35?,36-,37+,41-,42?,50+,51+,52+,53+,54-,55+/m0/s1. The molecule has 1 aromatic carbocycles. The third-order valence-corrected chi connectivity index (χ3v) is 20.6. The van der Waals surface area contributed by atoms with Crippen LogP contribution in [0.5, 0.6) is 0 Å². The number of aromatic amines is 1. The van der Waals surface area contributed by atoms with Gasteiger partial charge in [-0.3, -0.25) is 24.2 Å². The third kappa shape index (κ3) is 6.08. The number of carboxylic acids is 1. The lowest BCUT2D eigenvalue weighted by atomic mass is 9.29. The summed E-state index contributed by atoms with van der Waals surface area (Å²) < 4.78 is 6.58. The Morgan fingerprint density at radius 1 is 0.923 bits per heavy atom. The zero-order valence-corrected chi connectivity index (χ0v) is 40.2. The Bertz CT molecular complexity index is 2570. The van der Waals surface area contributed by atoms with Gasteiger partial charge in [-0.2, -0.15) is 0 Å². The fourth-order valence-corrected chi connectivity index (χ4v) is 16.6. The van der Waals surface area contributed by atoms with Crippen molar-refractivity contribution >= 4 is 34.7 Å². The normalized spacial score (nSPS) is 38.9. The molecule has 0 saturated heterocycles. The predicted molar refractivity (Wildman–Crippen MR) is 250 cm³/mol. The van der Waals surface area contributed by atoms with Crippen molar-refractivity contribution in [1.82, 2.24) is 20.3 Å². The van der Waals surface area contributed by atoms with Crippen molar-refractivity contribution in [2.75, 3.05) is 0 Å². The van der Waals surface area contributed by atoms with Crippen molar-refractivity contribution in [3.63, 3.8) is 0 Å². The number of Topliss-reactive ketones (excluding diaryl/α,β-unsaturated/α-hetero) is 1. The number of aliphatic carboxylic acids is 1. The fourth-order valence-electron chi connectivity index (χ4n) is 16.6. The summed E-state index contributed by atoms with van der Waals surface area (Å²) in [6.45, 7) is 20.6. The number of hydrogen-bond donors (Lipinski definition) is 3. The van der Waals surface area contributed by atoms with E-state index in [0.717, 1.165) is 97.0 Å². The number of carbonyl (C=O) groups excluding carboxylic acids is 3. The van der Waals surface area contributed by atoms with Gasteiger partial charge in [-0.1, -0.05) is 79.2 Å². The van der Waals surface area contributed by atoms with E-state index in [1.807, 2.05) is 51.2 Å². The van der Waals surface area contributed by atoms with E-state index in [0.29, 0.717) is 31.7 Å². The van der Waals surface area contributed by atoms with Crippen LogP contribution in [0.25, 0.3) is 22.4 Å². The topological polar surface area (TPSA) is 151 Å². The second-order valence-corrected chi connectivity index (χ2v) is 23.8. The van der Waals surface area contributed by atoms with Crippen LogP contribution in [0, 0.1) is 74.4 Å². The van der Waals surface area contributed by atoms with Crippen molar-refractivity contribution in [2.45, 2.75) is 152 Å². The lowest BCUT2D eigenvalue weighted by Crippen LogP contribution is -2.69. The first-order chi connectivity index (χ1) is 30.6. The monoisotopic (exact) mass is 883 g/mol. The number of imidazole rings is 1. The van der Waals surface area contributed by atoms with Gasteiger partial charge >= 0.3 is 11.9 Å². The first kappa shape index (κ1) is 44.2. The molecule has 10 nitrogen and oxygen atoms in total. The van der Waals surface area contributed by atoms with E-state index in [4.69, 9.17) is 9.72 Å². The number of carboxylic acid groups (broad SMARTS) is 1. The maximum absolute atomic E-state index is 14.3. The average Bonchev–Trinajstić information content (AvgIpc) is 3.92. The van der Waals surface area contributed by atoms with E-state index in [1.165, 1.54) is 5.57 Å². The van der Waals surface area contributed by atoms with Gasteiger partial charge in [0.25, 0.3) is 0 Å². The van der Waals surface area contributed by atoms with Gasteiger partial charge in [0.1, 0.15) is 11.9 Å². The van der Waals surface area contributed by atoms with Gasteiger partial charge < -0.3 is 20.1 Å². The van der Waals surface area contributed by atoms with E-state index >= 15 is 0 Å². The summed E-state index contributed by atoms with van der Waals surface area (Å²) in [5.41, 5.74) is 5.46. The molecule has 2 unspecified atom stereocenters. The van der Waals surface area contributed by atoms with E-state index in [-0.39, 0.29) is 62.7 Å². The molecule has 7 aliphatic carbocycles. The lowest BCUT2D eigenvalue weighted by molar-refractivity contribution is -0.267. The molecule has 2 heterocycles. The van der Waals surface area contributed by atoms with Crippen molar-refractivity contribution in [3.8, 4) is 11.4 Å². The Labute approximate surface area is 384 Å². The minimum atomic E-state index is -0.834. The number of benzene rings is 1. The Morgan fingerprint density at radius 3 is 2.40 bits per heavy atom. The number of amides is 1. The number of pyridine rings is 1. The number of esters is 1. The molecule has 0 aliphatic heterocycles. The number of rotatable bonds is 9. The number of ether oxygens (including phenoxy) is 1. The molecule has 11 atom stereocenters. The molecule has 0 radical (unpaired) electrons. The minimum absolute atomic E-state index is 0.0000990. The highest BCUT2D eigenvalue weighted by Gasteiger charge is 2.75. The minimum Gasteiger partial charge on any atom is -0.481 e. The molecular formula is C55H70N4O6. The van der Waals surface area contributed by atoms with E-state index < -0.39 is 28.6 Å². The van der Waals surface area contributed by atoms with E-state index in [9.17, 15) is 24.3 Å². The Kier molecular flexibility index (Phi) is 10.0. The number of nitrogens with zero attached hydrogens (tertiary/aromatic N) is 2. The maximum atomic E-state index is 14.3. The first-order valence-electron chi connectivity index (χ1n) is 24.7. The Hall–Kier alpha value is -4.60. The predicted octanol–water partition coefficient (Wildman–Crippen LogP) is 10.9. The highest BCUT2D eigenvalue weighted by Crippen LogP contribution is 2.81. The molecule has 3 N–H and O–H groups in total. The van der Waals surface area contributed by atoms with Crippen LogP contribution < -0.4 is 5.32 Å². The summed E-state index contributed by atoms with van der Waals surface area (Å²) in [5.74, 6) is -0.214. The molecule has 10 rings (SSSR count). The summed E-state index contributed by atoms with van der Waals surface area (Å²) >= 11 is 0. The van der Waals surface area contributed by atoms with Crippen LogP contribution in [0.15, 0.2) is 59.8 Å². The number of carbonyl (C=O) groups is 4. The fraction of sp³-hybridized carbons (Fsp3) is 0.636. The summed E-state index contributed by atoms with van der Waals surface area (Å²) in [4.78, 5) is 67.0. The van der Waals surface area contributed by atoms with Crippen LogP contribution in [0.4, 0.5) is 0 Å². The molecule has 65 heavy (non-hydrogen) atoms. The van der Waals surface area contributed by atoms with Crippen molar-refractivity contribution < 1.29 is 29.0 Å². The second-order valence-electron chi connectivity index (χ2n) is 23.8. The summed E-state index contributed by atoms with van der Waals surface area (Å²) in [6.07, 6.45) is 16.2. The number of fused-ring (bicyclic) bond motifs is 7. The number of allylic oxidation sites excluding steroid dienone is 3. The quantitative estimate of drug-likeness (QED) is 0.142. The van der Waals surface area contributed by atoms with Crippen molar-refractivity contribution in [3.05, 3.63) is 71.1 Å². The van der Waals surface area contributed by atoms with Gasteiger partial charge in [-0.15, -0.1) is 0 Å². The molecule has 0 bridgehead atoms. The summed E-state index contributed by atoms with van der Waals surface area (Å²) in [6, 6.07) is 10.1. The van der Waals surface area contributed by atoms with Crippen LogP contribution in [0.2, 0.25) is 0 Å². The number of hydrogen-bond acceptors (Lipinski definition) is 7. The molecule has 5 fully saturated rings. The maximum Gasteiger partial charge on any atom is 0.309 e. The zero-order valence-electron chi connectivity index (χ0n) is 40.2. The molecular weight excluding hydrogens is 813 g/mol. The zero-order chi connectivity index (χ0) is 46.3. The highest BCUT2D eigenvalue weighted by atomic mass is 16.5. The molecule has 7 aliphatic rings. The lowest BCUT2D eigenvalue weighted by Gasteiger charge is -2.75. The van der Waals surface area contributed by atoms with Crippen molar-refractivity contribution in [1.29, 1.82) is 0 Å². The average molecular weight is 883 g/mol. The number of ketones is 1. The van der Waals surface area contributed by atoms with Gasteiger partial charge in [-0.25, -0.2) is 4.98 Å². The molecule has 1 spiro atoms. The Balaban J connectivity index is 0.884. The Morgan fingerprint density at radius 2 is 1.69 bits per heavy atom. The van der Waals surface area contributed by atoms with Gasteiger partial charge in [0.2, 0.25) is 5.91 Å². The SMILES string of the molecule is Cc1ccc(-c2nc3ccc(CNC(=O)C[C@@]45CC[C@]6(C)C(CC[C@@H]7[C@@]8(C)CCC(OC(=O)[C@H]9C[C@@H](C(=O)O)C9(C)C)[C@@]9(C)C=CC[C@]98CC[C@]76C)C4=C(C(C)C)C(=O)C5)cc3[nH]2)cn1. The number of nitrogens with one attached hydrogen (secondary N) is 2. The first-order valence-corrected chi connectivity index (χ1v) is 24.7. The van der Waals surface area contributed by atoms with Crippen molar-refractivity contribution in [2.24, 2.45) is 67.5 Å². The van der Waals surface area contributed by atoms with Gasteiger partial charge in [0, 0.05) is 47.7 Å².